The molecule has 0 bridgehead atoms. The van der Waals surface area contributed by atoms with Crippen molar-refractivity contribution in [3.63, 3.8) is 0 Å². The molecule has 6 nitrogen and oxygen atoms in total. The summed E-state index contributed by atoms with van der Waals surface area (Å²) >= 11 is 0. The molecule has 0 aromatic carbocycles. The third-order valence-corrected chi connectivity index (χ3v) is 3.55. The van der Waals surface area contributed by atoms with Gasteiger partial charge in [0.15, 0.2) is 0 Å². The topological polar surface area (TPSA) is 70.7 Å². The predicted octanol–water partition coefficient (Wildman–Crippen LogP) is 1.03. The van der Waals surface area contributed by atoms with Crippen LogP contribution in [0.4, 0.5) is 4.79 Å². The van der Waals surface area contributed by atoms with Gasteiger partial charge in [0, 0.05) is 25.7 Å². The normalized spacial score (nSPS) is 27.0. The third kappa shape index (κ3) is 4.20. The number of hydrogen-bond acceptors (Lipinski definition) is 4. The zero-order valence-corrected chi connectivity index (χ0v) is 13.2. The van der Waals surface area contributed by atoms with Gasteiger partial charge >= 0.3 is 6.09 Å². The predicted molar refractivity (Wildman–Crippen MR) is 79.9 cm³/mol. The Hall–Kier alpha value is -1.56. The first kappa shape index (κ1) is 15.8. The second kappa shape index (κ2) is 6.05. The number of nitrogens with one attached hydrogen (secondary N) is 2. The zero-order chi connectivity index (χ0) is 15.6. The van der Waals surface area contributed by atoms with Crippen LogP contribution in [0.1, 0.15) is 34.1 Å². The van der Waals surface area contributed by atoms with Gasteiger partial charge < -0.3 is 20.3 Å². The van der Waals surface area contributed by atoms with Crippen LogP contribution in [0.5, 0.6) is 0 Å². The van der Waals surface area contributed by atoms with Crippen molar-refractivity contribution in [2.75, 3.05) is 19.6 Å². The number of carbonyl (C=O) groups excluding carboxylic acids is 2. The molecule has 0 radical (unpaired) electrons. The van der Waals surface area contributed by atoms with Gasteiger partial charge in [0.1, 0.15) is 11.6 Å². The fourth-order valence-electron chi connectivity index (χ4n) is 2.50. The minimum Gasteiger partial charge on any atom is -0.444 e. The van der Waals surface area contributed by atoms with Gasteiger partial charge in [-0.05, 0) is 39.7 Å². The van der Waals surface area contributed by atoms with Crippen molar-refractivity contribution in [2.24, 2.45) is 0 Å². The highest BCUT2D eigenvalue weighted by atomic mass is 16.6. The molecule has 0 spiro atoms. The number of ether oxygens (including phenoxy) is 1. The van der Waals surface area contributed by atoms with Gasteiger partial charge in [-0.25, -0.2) is 4.79 Å². The number of nitrogens with zero attached hydrogens (tertiary/aromatic N) is 1. The lowest BCUT2D eigenvalue weighted by atomic mass is 9.97. The molecule has 2 N–H and O–H groups in total. The van der Waals surface area contributed by atoms with E-state index >= 15 is 0 Å². The number of amides is 2. The molecule has 2 atom stereocenters. The maximum absolute atomic E-state index is 12.0. The van der Waals surface area contributed by atoms with E-state index in [2.05, 4.69) is 10.6 Å². The Balaban J connectivity index is 1.93. The zero-order valence-electron chi connectivity index (χ0n) is 13.2. The molecular weight excluding hydrogens is 270 g/mol. The van der Waals surface area contributed by atoms with Gasteiger partial charge in [0.2, 0.25) is 5.91 Å². The minimum absolute atomic E-state index is 0.0192. The van der Waals surface area contributed by atoms with Gasteiger partial charge in [0.05, 0.1) is 0 Å². The van der Waals surface area contributed by atoms with Crippen LogP contribution in [0, 0.1) is 0 Å². The first-order valence-corrected chi connectivity index (χ1v) is 7.47. The lowest BCUT2D eigenvalue weighted by Gasteiger charge is -2.34. The van der Waals surface area contributed by atoms with Crippen LogP contribution in [0.25, 0.3) is 0 Å². The Kier molecular flexibility index (Phi) is 4.56. The maximum atomic E-state index is 12.0. The largest absolute Gasteiger partial charge is 0.444 e. The van der Waals surface area contributed by atoms with E-state index in [4.69, 9.17) is 4.74 Å². The van der Waals surface area contributed by atoms with E-state index in [1.165, 1.54) is 0 Å². The van der Waals surface area contributed by atoms with Crippen molar-refractivity contribution >= 4 is 12.0 Å². The summed E-state index contributed by atoms with van der Waals surface area (Å²) < 4.78 is 5.36. The first-order valence-electron chi connectivity index (χ1n) is 7.47. The first-order chi connectivity index (χ1) is 9.76. The average molecular weight is 295 g/mol. The SMILES string of the molecule is C[C@H]1CN[C@@H](C2=CCN(C(=O)OC(C)(C)C)CC2)C(=O)N1. The standard InChI is InChI=1S/C15H25N3O3/c1-10-9-16-12(13(19)17-10)11-5-7-18(8-6-11)14(20)21-15(2,3)4/h5,10,12,16H,6-9H2,1-4H3,(H,17,19)/t10-,12-/m0/s1. The molecule has 2 rings (SSSR count). The smallest absolute Gasteiger partial charge is 0.410 e. The molecule has 21 heavy (non-hydrogen) atoms. The van der Waals surface area contributed by atoms with Crippen molar-refractivity contribution in [3.8, 4) is 0 Å². The Morgan fingerprint density at radius 2 is 2.14 bits per heavy atom. The summed E-state index contributed by atoms with van der Waals surface area (Å²) in [4.78, 5) is 25.6. The highest BCUT2D eigenvalue weighted by Gasteiger charge is 2.31. The quantitative estimate of drug-likeness (QED) is 0.709. The lowest BCUT2D eigenvalue weighted by molar-refractivity contribution is -0.124. The van der Waals surface area contributed by atoms with E-state index in [-0.39, 0.29) is 24.1 Å². The molecule has 0 aromatic rings. The molecule has 0 unspecified atom stereocenters. The molecule has 1 fully saturated rings. The average Bonchev–Trinajstić information content (AvgIpc) is 2.37. The molecule has 6 heteroatoms. The summed E-state index contributed by atoms with van der Waals surface area (Å²) in [5.41, 5.74) is 0.571. The summed E-state index contributed by atoms with van der Waals surface area (Å²) in [5.74, 6) is 0.0192. The van der Waals surface area contributed by atoms with Crippen LogP contribution in [-0.4, -0.2) is 54.2 Å². The molecule has 0 aliphatic carbocycles. The van der Waals surface area contributed by atoms with E-state index in [0.717, 1.165) is 12.1 Å². The second-order valence-corrected chi connectivity index (χ2v) is 6.71. The van der Waals surface area contributed by atoms with Gasteiger partial charge in [-0.1, -0.05) is 6.08 Å². The van der Waals surface area contributed by atoms with Crippen molar-refractivity contribution in [1.82, 2.24) is 15.5 Å². The molecule has 1 saturated heterocycles. The van der Waals surface area contributed by atoms with E-state index < -0.39 is 5.60 Å². The Morgan fingerprint density at radius 1 is 1.43 bits per heavy atom. The summed E-state index contributed by atoms with van der Waals surface area (Å²) in [5, 5.41) is 6.20. The fourth-order valence-corrected chi connectivity index (χ4v) is 2.50. The number of hydrogen-bond donors (Lipinski definition) is 2. The third-order valence-electron chi connectivity index (χ3n) is 3.55. The van der Waals surface area contributed by atoms with Crippen LogP contribution >= 0.6 is 0 Å². The number of carbonyl (C=O) groups is 2. The molecule has 0 aromatic heterocycles. The summed E-state index contributed by atoms with van der Waals surface area (Å²) in [6.07, 6.45) is 2.35. The van der Waals surface area contributed by atoms with Crippen molar-refractivity contribution in [2.45, 2.75) is 51.8 Å². The van der Waals surface area contributed by atoms with E-state index in [1.807, 2.05) is 33.8 Å². The minimum atomic E-state index is -0.484. The van der Waals surface area contributed by atoms with Crippen LogP contribution in [0.3, 0.4) is 0 Å². The van der Waals surface area contributed by atoms with Crippen LogP contribution in [0.15, 0.2) is 11.6 Å². The molecule has 2 aliphatic heterocycles. The number of piperazine rings is 1. The van der Waals surface area contributed by atoms with Crippen molar-refractivity contribution < 1.29 is 14.3 Å². The van der Waals surface area contributed by atoms with E-state index in [0.29, 0.717) is 19.5 Å². The second-order valence-electron chi connectivity index (χ2n) is 6.71. The Bertz CT molecular complexity index is 454. The summed E-state index contributed by atoms with van der Waals surface area (Å²) in [6, 6.07) is -0.0989. The molecule has 0 saturated carbocycles. The fraction of sp³-hybridized carbons (Fsp3) is 0.733. The van der Waals surface area contributed by atoms with Crippen molar-refractivity contribution in [3.05, 3.63) is 11.6 Å². The van der Waals surface area contributed by atoms with Gasteiger partial charge in [0.25, 0.3) is 0 Å². The Labute approximate surface area is 125 Å². The molecule has 118 valence electrons. The summed E-state index contributed by atoms with van der Waals surface area (Å²) in [7, 11) is 0. The van der Waals surface area contributed by atoms with E-state index in [1.54, 1.807) is 4.90 Å². The van der Waals surface area contributed by atoms with E-state index in [9.17, 15) is 9.59 Å². The maximum Gasteiger partial charge on any atom is 0.410 e. The monoisotopic (exact) mass is 295 g/mol. The van der Waals surface area contributed by atoms with Crippen LogP contribution < -0.4 is 10.6 Å². The molecule has 2 amide bonds. The van der Waals surface area contributed by atoms with Gasteiger partial charge in [-0.2, -0.15) is 0 Å². The highest BCUT2D eigenvalue weighted by molar-refractivity contribution is 5.86. The highest BCUT2D eigenvalue weighted by Crippen LogP contribution is 2.18. The summed E-state index contributed by atoms with van der Waals surface area (Å²) in [6.45, 7) is 9.38. The Morgan fingerprint density at radius 3 is 2.67 bits per heavy atom. The van der Waals surface area contributed by atoms with Gasteiger partial charge in [-0.3, -0.25) is 4.79 Å². The van der Waals surface area contributed by atoms with Crippen LogP contribution in [-0.2, 0) is 9.53 Å². The number of rotatable bonds is 1. The van der Waals surface area contributed by atoms with Crippen molar-refractivity contribution in [1.29, 1.82) is 0 Å². The van der Waals surface area contributed by atoms with Crippen LogP contribution in [0.2, 0.25) is 0 Å². The molecule has 2 aliphatic rings. The molecule has 2 heterocycles. The lowest BCUT2D eigenvalue weighted by Crippen LogP contribution is -2.58. The molecular formula is C15H25N3O3. The van der Waals surface area contributed by atoms with Gasteiger partial charge in [-0.15, -0.1) is 0 Å².